The quantitative estimate of drug-likeness (QED) is 0.554. The molecule has 21 heavy (non-hydrogen) atoms. The van der Waals surface area contributed by atoms with Crippen molar-refractivity contribution >= 4 is 17.9 Å². The van der Waals surface area contributed by atoms with E-state index in [1.54, 1.807) is 31.4 Å². The lowest BCUT2D eigenvalue weighted by atomic mass is 10.2. The minimum absolute atomic E-state index is 0.207. The van der Waals surface area contributed by atoms with Crippen molar-refractivity contribution in [3.63, 3.8) is 0 Å². The lowest BCUT2D eigenvalue weighted by Crippen LogP contribution is -2.47. The molecular weight excluding hydrogens is 278 g/mol. The van der Waals surface area contributed by atoms with E-state index in [0.717, 1.165) is 5.56 Å². The van der Waals surface area contributed by atoms with Crippen molar-refractivity contribution in [3.8, 4) is 5.75 Å². The molecule has 5 N–H and O–H groups in total. The number of hydrogen-bond donors (Lipinski definition) is 4. The third-order valence-corrected chi connectivity index (χ3v) is 2.62. The Hall–Kier alpha value is -2.77. The van der Waals surface area contributed by atoms with E-state index in [2.05, 4.69) is 10.6 Å². The Morgan fingerprint density at radius 3 is 2.38 bits per heavy atom. The normalized spacial score (nSPS) is 11.3. The average Bonchev–Trinajstić information content (AvgIpc) is 2.44. The number of benzene rings is 1. The van der Waals surface area contributed by atoms with Crippen LogP contribution >= 0.6 is 0 Å². The number of primary amides is 1. The Kier molecular flexibility index (Phi) is 5.99. The fourth-order valence-corrected chi connectivity index (χ4v) is 1.54. The first-order chi connectivity index (χ1) is 9.92. The highest BCUT2D eigenvalue weighted by atomic mass is 16.5. The number of amides is 3. The number of methoxy groups -OCH3 is 1. The van der Waals surface area contributed by atoms with E-state index < -0.39 is 30.4 Å². The number of rotatable bonds is 7. The van der Waals surface area contributed by atoms with Gasteiger partial charge in [0.2, 0.25) is 5.91 Å². The summed E-state index contributed by atoms with van der Waals surface area (Å²) in [5.74, 6) is -1.44. The van der Waals surface area contributed by atoms with Crippen molar-refractivity contribution in [2.45, 2.75) is 19.0 Å². The van der Waals surface area contributed by atoms with Crippen molar-refractivity contribution in [1.82, 2.24) is 10.6 Å². The molecule has 114 valence electrons. The molecule has 1 aromatic rings. The summed E-state index contributed by atoms with van der Waals surface area (Å²) in [4.78, 5) is 33.1. The van der Waals surface area contributed by atoms with Crippen molar-refractivity contribution in [2.75, 3.05) is 7.11 Å². The Balaban J connectivity index is 2.48. The summed E-state index contributed by atoms with van der Waals surface area (Å²) in [6.07, 6.45) is -0.467. The molecule has 0 saturated heterocycles. The van der Waals surface area contributed by atoms with Crippen LogP contribution in [0.15, 0.2) is 24.3 Å². The third-order valence-electron chi connectivity index (χ3n) is 2.62. The standard InChI is InChI=1S/C13H17N3O5/c1-21-9-4-2-8(3-5-9)7-15-13(20)16-10(12(18)19)6-11(14)17/h2-5,10H,6-7H2,1H3,(H2,14,17)(H,18,19)(H2,15,16,20)/t10-/m0/s1. The predicted octanol–water partition coefficient (Wildman–Crippen LogP) is -0.177. The Labute approximate surface area is 121 Å². The molecule has 0 unspecified atom stereocenters. The second-order valence-electron chi connectivity index (χ2n) is 4.24. The van der Waals surface area contributed by atoms with Gasteiger partial charge >= 0.3 is 12.0 Å². The van der Waals surface area contributed by atoms with E-state index in [0.29, 0.717) is 5.75 Å². The lowest BCUT2D eigenvalue weighted by molar-refractivity contribution is -0.140. The van der Waals surface area contributed by atoms with E-state index in [-0.39, 0.29) is 6.54 Å². The fourth-order valence-electron chi connectivity index (χ4n) is 1.54. The highest BCUT2D eigenvalue weighted by Gasteiger charge is 2.21. The van der Waals surface area contributed by atoms with Crippen LogP contribution in [-0.2, 0) is 16.1 Å². The number of urea groups is 1. The van der Waals surface area contributed by atoms with Crippen LogP contribution in [0.4, 0.5) is 4.79 Å². The Morgan fingerprint density at radius 2 is 1.90 bits per heavy atom. The summed E-state index contributed by atoms with van der Waals surface area (Å²) >= 11 is 0. The maximum atomic E-state index is 11.6. The molecule has 0 saturated carbocycles. The number of aliphatic carboxylic acids is 1. The van der Waals surface area contributed by atoms with Crippen LogP contribution in [0.5, 0.6) is 5.75 Å². The van der Waals surface area contributed by atoms with Gasteiger partial charge in [0.1, 0.15) is 11.8 Å². The number of carbonyl (C=O) groups is 3. The SMILES string of the molecule is COc1ccc(CNC(=O)N[C@@H](CC(N)=O)C(=O)O)cc1. The summed E-state index contributed by atoms with van der Waals surface area (Å²) in [7, 11) is 1.55. The second-order valence-corrected chi connectivity index (χ2v) is 4.24. The second kappa shape index (κ2) is 7.73. The van der Waals surface area contributed by atoms with Gasteiger partial charge in [-0.15, -0.1) is 0 Å². The molecule has 1 rings (SSSR count). The number of hydrogen-bond acceptors (Lipinski definition) is 4. The minimum Gasteiger partial charge on any atom is -0.497 e. The van der Waals surface area contributed by atoms with Gasteiger partial charge in [0.15, 0.2) is 0 Å². The first-order valence-electron chi connectivity index (χ1n) is 6.10. The molecule has 0 fully saturated rings. The third kappa shape index (κ3) is 5.81. The van der Waals surface area contributed by atoms with Gasteiger partial charge in [-0.1, -0.05) is 12.1 Å². The smallest absolute Gasteiger partial charge is 0.326 e. The molecule has 8 nitrogen and oxygen atoms in total. The number of ether oxygens (including phenoxy) is 1. The molecule has 1 atom stereocenters. The van der Waals surface area contributed by atoms with Crippen LogP contribution in [-0.4, -0.2) is 36.2 Å². The van der Waals surface area contributed by atoms with Gasteiger partial charge < -0.3 is 26.2 Å². The fraction of sp³-hybridized carbons (Fsp3) is 0.308. The maximum absolute atomic E-state index is 11.6. The molecule has 0 bridgehead atoms. The van der Waals surface area contributed by atoms with E-state index in [4.69, 9.17) is 15.6 Å². The summed E-state index contributed by atoms with van der Waals surface area (Å²) < 4.78 is 5.00. The average molecular weight is 295 g/mol. The Bertz CT molecular complexity index is 515. The summed E-state index contributed by atoms with van der Waals surface area (Å²) in [5.41, 5.74) is 5.73. The van der Waals surface area contributed by atoms with Crippen molar-refractivity contribution < 1.29 is 24.2 Å². The highest BCUT2D eigenvalue weighted by Crippen LogP contribution is 2.10. The van der Waals surface area contributed by atoms with Crippen molar-refractivity contribution in [2.24, 2.45) is 5.73 Å². The zero-order valence-electron chi connectivity index (χ0n) is 11.5. The monoisotopic (exact) mass is 295 g/mol. The minimum atomic E-state index is -1.35. The molecule has 0 spiro atoms. The highest BCUT2D eigenvalue weighted by molar-refractivity contribution is 5.87. The largest absolute Gasteiger partial charge is 0.497 e. The molecule has 0 aliphatic carbocycles. The van der Waals surface area contributed by atoms with Crippen LogP contribution in [0.25, 0.3) is 0 Å². The predicted molar refractivity (Wildman–Crippen MR) is 73.6 cm³/mol. The topological polar surface area (TPSA) is 131 Å². The summed E-state index contributed by atoms with van der Waals surface area (Å²) in [5, 5.41) is 13.5. The van der Waals surface area contributed by atoms with E-state index >= 15 is 0 Å². The number of carboxylic acids is 1. The number of nitrogens with one attached hydrogen (secondary N) is 2. The van der Waals surface area contributed by atoms with Gasteiger partial charge in [0, 0.05) is 6.54 Å². The van der Waals surface area contributed by atoms with Gasteiger partial charge in [0.05, 0.1) is 13.5 Å². The van der Waals surface area contributed by atoms with Gasteiger partial charge in [-0.25, -0.2) is 9.59 Å². The van der Waals surface area contributed by atoms with Gasteiger partial charge in [0.25, 0.3) is 0 Å². The number of carboxylic acid groups (broad SMARTS) is 1. The van der Waals surface area contributed by atoms with Crippen LogP contribution in [0.2, 0.25) is 0 Å². The molecular formula is C13H17N3O5. The van der Waals surface area contributed by atoms with Crippen LogP contribution < -0.4 is 21.1 Å². The van der Waals surface area contributed by atoms with E-state index in [1.165, 1.54) is 0 Å². The first kappa shape index (κ1) is 16.3. The summed E-state index contributed by atoms with van der Waals surface area (Å²) in [6, 6.07) is 4.95. The lowest BCUT2D eigenvalue weighted by Gasteiger charge is -2.13. The molecule has 8 heteroatoms. The molecule has 0 heterocycles. The van der Waals surface area contributed by atoms with Gasteiger partial charge in [-0.2, -0.15) is 0 Å². The molecule has 1 aromatic carbocycles. The zero-order chi connectivity index (χ0) is 15.8. The van der Waals surface area contributed by atoms with Crippen molar-refractivity contribution in [1.29, 1.82) is 0 Å². The van der Waals surface area contributed by atoms with Gasteiger partial charge in [-0.3, -0.25) is 4.79 Å². The van der Waals surface area contributed by atoms with E-state index in [9.17, 15) is 14.4 Å². The number of nitrogens with two attached hydrogens (primary N) is 1. The van der Waals surface area contributed by atoms with Gasteiger partial charge in [-0.05, 0) is 17.7 Å². The molecule has 0 aliphatic rings. The van der Waals surface area contributed by atoms with Crippen LogP contribution in [0.1, 0.15) is 12.0 Å². The number of carbonyl (C=O) groups excluding carboxylic acids is 2. The molecule has 0 aliphatic heterocycles. The maximum Gasteiger partial charge on any atom is 0.326 e. The van der Waals surface area contributed by atoms with E-state index in [1.807, 2.05) is 0 Å². The van der Waals surface area contributed by atoms with Crippen LogP contribution in [0.3, 0.4) is 0 Å². The van der Waals surface area contributed by atoms with Crippen LogP contribution in [0, 0.1) is 0 Å². The first-order valence-corrected chi connectivity index (χ1v) is 6.10. The molecule has 0 aromatic heterocycles. The van der Waals surface area contributed by atoms with Crippen molar-refractivity contribution in [3.05, 3.63) is 29.8 Å². The zero-order valence-corrected chi connectivity index (χ0v) is 11.5. The Morgan fingerprint density at radius 1 is 1.29 bits per heavy atom. The summed E-state index contributed by atoms with van der Waals surface area (Å²) in [6.45, 7) is 0.207. The molecule has 3 amide bonds. The molecule has 0 radical (unpaired) electrons.